The van der Waals surface area contributed by atoms with Gasteiger partial charge in [0.15, 0.2) is 0 Å². The minimum absolute atomic E-state index is 0.198. The van der Waals surface area contributed by atoms with Gasteiger partial charge in [0, 0.05) is 12.8 Å². The van der Waals surface area contributed by atoms with Crippen LogP contribution in [0.4, 0.5) is 0 Å². The molecular weight excluding hydrogens is 218 g/mol. The van der Waals surface area contributed by atoms with Crippen molar-refractivity contribution in [3.63, 3.8) is 0 Å². The maximum absolute atomic E-state index is 11.0. The molecule has 4 nitrogen and oxygen atoms in total. The quantitative estimate of drug-likeness (QED) is 0.829. The Kier molecular flexibility index (Phi) is 2.83. The molecule has 3 N–H and O–H groups in total. The van der Waals surface area contributed by atoms with Gasteiger partial charge < -0.3 is 15.6 Å². The number of fused-ring (bicyclic) bond motifs is 1. The van der Waals surface area contributed by atoms with Crippen molar-refractivity contribution in [3.8, 4) is 5.75 Å². The molecule has 0 fully saturated rings. The lowest BCUT2D eigenvalue weighted by molar-refractivity contribution is -0.142. The van der Waals surface area contributed by atoms with Crippen LogP contribution >= 0.6 is 0 Å². The molecule has 1 aromatic rings. The highest BCUT2D eigenvalue weighted by Gasteiger charge is 2.29. The number of carbonyl (C=O) groups is 1. The van der Waals surface area contributed by atoms with E-state index in [-0.39, 0.29) is 6.10 Å². The van der Waals surface area contributed by atoms with Gasteiger partial charge in [-0.3, -0.25) is 4.79 Å². The predicted molar refractivity (Wildman–Crippen MR) is 64.2 cm³/mol. The molecule has 0 spiro atoms. The van der Waals surface area contributed by atoms with Gasteiger partial charge in [0.05, 0.1) is 0 Å². The molecule has 0 saturated heterocycles. The molecule has 17 heavy (non-hydrogen) atoms. The molecule has 4 heteroatoms. The van der Waals surface area contributed by atoms with E-state index < -0.39 is 11.5 Å². The zero-order valence-electron chi connectivity index (χ0n) is 10.1. The first-order valence-electron chi connectivity index (χ1n) is 5.69. The molecule has 0 radical (unpaired) electrons. The summed E-state index contributed by atoms with van der Waals surface area (Å²) < 4.78 is 5.59. The van der Waals surface area contributed by atoms with Gasteiger partial charge in [-0.1, -0.05) is 12.1 Å². The molecule has 2 rings (SSSR count). The smallest absolute Gasteiger partial charge is 0.323 e. The van der Waals surface area contributed by atoms with Crippen molar-refractivity contribution in [2.45, 2.75) is 38.3 Å². The molecule has 0 bridgehead atoms. The van der Waals surface area contributed by atoms with Crippen molar-refractivity contribution < 1.29 is 14.6 Å². The Balaban J connectivity index is 2.20. The molecule has 0 unspecified atom stereocenters. The molecular formula is C13H17NO3. The highest BCUT2D eigenvalue weighted by Crippen LogP contribution is 2.30. The van der Waals surface area contributed by atoms with Crippen molar-refractivity contribution in [3.05, 3.63) is 29.3 Å². The third-order valence-electron chi connectivity index (χ3n) is 3.02. The Morgan fingerprint density at radius 1 is 1.65 bits per heavy atom. The van der Waals surface area contributed by atoms with Crippen molar-refractivity contribution >= 4 is 5.97 Å². The Morgan fingerprint density at radius 3 is 3.00 bits per heavy atom. The summed E-state index contributed by atoms with van der Waals surface area (Å²) in [5.41, 5.74) is 6.58. The number of carboxylic acid groups (broad SMARTS) is 1. The zero-order chi connectivity index (χ0) is 12.6. The van der Waals surface area contributed by atoms with E-state index in [0.717, 1.165) is 23.3 Å². The Hall–Kier alpha value is -1.55. The zero-order valence-corrected chi connectivity index (χ0v) is 10.1. The van der Waals surface area contributed by atoms with Gasteiger partial charge in [0.25, 0.3) is 0 Å². The summed E-state index contributed by atoms with van der Waals surface area (Å²) in [6.07, 6.45) is 1.39. The van der Waals surface area contributed by atoms with Crippen LogP contribution in [0.25, 0.3) is 0 Å². The first-order chi connectivity index (χ1) is 7.88. The molecule has 1 aliphatic heterocycles. The number of benzene rings is 1. The van der Waals surface area contributed by atoms with Gasteiger partial charge in [0.1, 0.15) is 17.4 Å². The minimum Gasteiger partial charge on any atom is -0.490 e. The number of ether oxygens (including phenoxy) is 1. The summed E-state index contributed by atoms with van der Waals surface area (Å²) in [5.74, 6) is -0.0853. The lowest BCUT2D eigenvalue weighted by Gasteiger charge is -2.19. The van der Waals surface area contributed by atoms with E-state index in [1.54, 1.807) is 0 Å². The molecule has 2 atom stereocenters. The van der Waals surface area contributed by atoms with Gasteiger partial charge in [-0.15, -0.1) is 0 Å². The maximum Gasteiger partial charge on any atom is 0.323 e. The minimum atomic E-state index is -1.22. The molecule has 0 amide bonds. The lowest BCUT2D eigenvalue weighted by Crippen LogP contribution is -2.46. The first kappa shape index (κ1) is 11.9. The fraction of sp³-hybridized carbons (Fsp3) is 0.462. The summed E-state index contributed by atoms with van der Waals surface area (Å²) in [5, 5.41) is 8.99. The van der Waals surface area contributed by atoms with Crippen LogP contribution in [-0.4, -0.2) is 22.7 Å². The molecule has 92 valence electrons. The largest absolute Gasteiger partial charge is 0.490 e. The van der Waals surface area contributed by atoms with Crippen LogP contribution in [0.15, 0.2) is 18.2 Å². The average molecular weight is 235 g/mol. The average Bonchev–Trinajstić information content (AvgIpc) is 2.56. The lowest BCUT2D eigenvalue weighted by atomic mass is 9.93. The van der Waals surface area contributed by atoms with Crippen LogP contribution in [0.3, 0.4) is 0 Å². The van der Waals surface area contributed by atoms with Crippen LogP contribution in [0, 0.1) is 0 Å². The highest BCUT2D eigenvalue weighted by atomic mass is 16.5. The fourth-order valence-corrected chi connectivity index (χ4v) is 2.08. The molecule has 0 aliphatic carbocycles. The van der Waals surface area contributed by atoms with E-state index in [0.29, 0.717) is 6.42 Å². The van der Waals surface area contributed by atoms with E-state index in [9.17, 15) is 4.79 Å². The first-order valence-corrected chi connectivity index (χ1v) is 5.69. The highest BCUT2D eigenvalue weighted by molar-refractivity contribution is 5.78. The van der Waals surface area contributed by atoms with Gasteiger partial charge >= 0.3 is 5.97 Å². The van der Waals surface area contributed by atoms with Crippen LogP contribution in [0.2, 0.25) is 0 Å². The van der Waals surface area contributed by atoms with Crippen molar-refractivity contribution in [2.75, 3.05) is 0 Å². The summed E-state index contributed by atoms with van der Waals surface area (Å²) in [6.45, 7) is 3.55. The number of hydrogen-bond acceptors (Lipinski definition) is 3. The summed E-state index contributed by atoms with van der Waals surface area (Å²) >= 11 is 0. The number of aliphatic carboxylic acids is 1. The van der Waals surface area contributed by atoms with Gasteiger partial charge in [-0.2, -0.15) is 0 Å². The second-order valence-electron chi connectivity index (χ2n) is 4.97. The summed E-state index contributed by atoms with van der Waals surface area (Å²) in [4.78, 5) is 11.0. The molecule has 1 aromatic carbocycles. The summed E-state index contributed by atoms with van der Waals surface area (Å²) in [7, 11) is 0. The van der Waals surface area contributed by atoms with Crippen LogP contribution in [0.5, 0.6) is 5.75 Å². The number of carboxylic acids is 1. The van der Waals surface area contributed by atoms with E-state index in [1.807, 2.05) is 25.1 Å². The second-order valence-corrected chi connectivity index (χ2v) is 4.97. The molecule has 1 heterocycles. The Bertz CT molecular complexity index is 454. The Morgan fingerprint density at radius 2 is 2.35 bits per heavy atom. The van der Waals surface area contributed by atoms with Crippen LogP contribution in [0.1, 0.15) is 25.0 Å². The van der Waals surface area contributed by atoms with Gasteiger partial charge in [-0.25, -0.2) is 0 Å². The van der Waals surface area contributed by atoms with Crippen molar-refractivity contribution in [2.24, 2.45) is 5.73 Å². The molecule has 0 aromatic heterocycles. The third-order valence-corrected chi connectivity index (χ3v) is 3.02. The van der Waals surface area contributed by atoms with Crippen LogP contribution in [-0.2, 0) is 17.6 Å². The fourth-order valence-electron chi connectivity index (χ4n) is 2.08. The molecule has 1 aliphatic rings. The van der Waals surface area contributed by atoms with Crippen molar-refractivity contribution in [1.82, 2.24) is 0 Å². The Labute approximate surface area is 100 Å². The van der Waals surface area contributed by atoms with Crippen molar-refractivity contribution in [1.29, 1.82) is 0 Å². The number of hydrogen-bond donors (Lipinski definition) is 2. The number of nitrogens with two attached hydrogens (primary N) is 1. The maximum atomic E-state index is 11.0. The topological polar surface area (TPSA) is 72.6 Å². The van der Waals surface area contributed by atoms with Gasteiger partial charge in [-0.05, 0) is 31.0 Å². The van der Waals surface area contributed by atoms with E-state index in [1.165, 1.54) is 6.92 Å². The van der Waals surface area contributed by atoms with E-state index in [4.69, 9.17) is 15.6 Å². The normalized spacial score (nSPS) is 21.5. The third kappa shape index (κ3) is 2.42. The molecule has 0 saturated carbocycles. The monoisotopic (exact) mass is 235 g/mol. The SMILES string of the molecule is C[C@H]1Cc2cc(C[C@@](C)(N)C(=O)O)ccc2O1. The number of rotatable bonds is 3. The van der Waals surface area contributed by atoms with Crippen LogP contribution < -0.4 is 10.5 Å². The standard InChI is InChI=1S/C13H17NO3/c1-8-5-10-6-9(3-4-11(10)17-8)7-13(2,14)12(15)16/h3-4,6,8H,5,7,14H2,1-2H3,(H,15,16)/t8-,13+/m0/s1. The second kappa shape index (κ2) is 4.04. The van der Waals surface area contributed by atoms with Gasteiger partial charge in [0.2, 0.25) is 0 Å². The summed E-state index contributed by atoms with van der Waals surface area (Å²) in [6, 6.07) is 5.77. The predicted octanol–water partition coefficient (Wildman–Crippen LogP) is 1.35. The van der Waals surface area contributed by atoms with E-state index in [2.05, 4.69) is 0 Å². The van der Waals surface area contributed by atoms with E-state index >= 15 is 0 Å².